The second kappa shape index (κ2) is 2.15. The molecule has 0 aliphatic heterocycles. The molecule has 1 rings (SSSR count). The van der Waals surface area contributed by atoms with Crippen LogP contribution in [-0.4, -0.2) is 0 Å². The minimum absolute atomic E-state index is 0.941. The molecule has 1 unspecified atom stereocenters. The van der Waals surface area contributed by atoms with E-state index in [-0.39, 0.29) is 0 Å². The topological polar surface area (TPSA) is 0 Å². The van der Waals surface area contributed by atoms with Gasteiger partial charge < -0.3 is 0 Å². The molecular formula is C7H11. The van der Waals surface area contributed by atoms with Gasteiger partial charge in [0.25, 0.3) is 0 Å². The van der Waals surface area contributed by atoms with Gasteiger partial charge in [-0.15, -0.1) is 0 Å². The Morgan fingerprint density at radius 1 is 1.86 bits per heavy atom. The van der Waals surface area contributed by atoms with Crippen molar-refractivity contribution in [1.29, 1.82) is 0 Å². The van der Waals surface area contributed by atoms with Crippen molar-refractivity contribution < 1.29 is 0 Å². The average molecular weight is 95.2 g/mol. The van der Waals surface area contributed by atoms with Crippen LogP contribution in [0.25, 0.3) is 0 Å². The minimum Gasteiger partial charge on any atom is -0.0917 e. The van der Waals surface area contributed by atoms with E-state index in [2.05, 4.69) is 25.5 Å². The number of allylic oxidation sites excluding steroid dienone is 2. The number of hydrogen-bond donors (Lipinski definition) is 0. The Kier molecular flexibility index (Phi) is 1.50. The monoisotopic (exact) mass is 95.1 g/mol. The van der Waals surface area contributed by atoms with Crippen LogP contribution in [0.1, 0.15) is 19.8 Å². The summed E-state index contributed by atoms with van der Waals surface area (Å²) in [5.41, 5.74) is 0. The van der Waals surface area contributed by atoms with E-state index in [1.54, 1.807) is 0 Å². The molecule has 1 fully saturated rings. The van der Waals surface area contributed by atoms with Crippen LogP contribution in [0.15, 0.2) is 12.2 Å². The molecule has 1 atom stereocenters. The van der Waals surface area contributed by atoms with Gasteiger partial charge in [0.1, 0.15) is 0 Å². The van der Waals surface area contributed by atoms with E-state index >= 15 is 0 Å². The highest BCUT2D eigenvalue weighted by molar-refractivity contribution is 4.99. The van der Waals surface area contributed by atoms with Crippen LogP contribution in [0.4, 0.5) is 0 Å². The van der Waals surface area contributed by atoms with Gasteiger partial charge in [0, 0.05) is 0 Å². The van der Waals surface area contributed by atoms with Crippen LogP contribution >= 0.6 is 0 Å². The Balaban J connectivity index is 1.98. The number of rotatable bonds is 2. The van der Waals surface area contributed by atoms with E-state index in [1.165, 1.54) is 12.8 Å². The lowest BCUT2D eigenvalue weighted by Gasteiger charge is -1.79. The van der Waals surface area contributed by atoms with E-state index in [9.17, 15) is 0 Å². The van der Waals surface area contributed by atoms with Gasteiger partial charge >= 0.3 is 0 Å². The summed E-state index contributed by atoms with van der Waals surface area (Å²) in [5, 5.41) is 0. The van der Waals surface area contributed by atoms with Crippen molar-refractivity contribution >= 4 is 0 Å². The molecule has 0 bridgehead atoms. The SMILES string of the molecule is C/C=C/CC1[CH]C1. The smallest absolute Gasteiger partial charge is 0.0319 e. The molecule has 0 amide bonds. The van der Waals surface area contributed by atoms with E-state index in [4.69, 9.17) is 0 Å². The summed E-state index contributed by atoms with van der Waals surface area (Å²) in [4.78, 5) is 0. The molecule has 1 radical (unpaired) electrons. The zero-order valence-electron chi connectivity index (χ0n) is 4.72. The van der Waals surface area contributed by atoms with Crippen LogP contribution in [-0.2, 0) is 0 Å². The second-order valence-electron chi connectivity index (χ2n) is 2.04. The van der Waals surface area contributed by atoms with Gasteiger partial charge in [-0.05, 0) is 32.1 Å². The fraction of sp³-hybridized carbons (Fsp3) is 0.571. The van der Waals surface area contributed by atoms with Crippen molar-refractivity contribution in [1.82, 2.24) is 0 Å². The van der Waals surface area contributed by atoms with Crippen molar-refractivity contribution in [2.75, 3.05) is 0 Å². The van der Waals surface area contributed by atoms with Gasteiger partial charge in [-0.3, -0.25) is 0 Å². The molecule has 1 aliphatic carbocycles. The summed E-state index contributed by atoms with van der Waals surface area (Å²) in [6.45, 7) is 2.07. The third-order valence-corrected chi connectivity index (χ3v) is 1.24. The fourth-order valence-corrected chi connectivity index (χ4v) is 0.600. The van der Waals surface area contributed by atoms with Crippen molar-refractivity contribution in [3.05, 3.63) is 18.6 Å². The van der Waals surface area contributed by atoms with E-state index in [0.29, 0.717) is 0 Å². The van der Waals surface area contributed by atoms with Crippen LogP contribution in [0, 0.1) is 12.3 Å². The maximum Gasteiger partial charge on any atom is -0.0319 e. The Hall–Kier alpha value is -0.260. The normalized spacial score (nSPS) is 21.3. The zero-order chi connectivity index (χ0) is 5.11. The highest BCUT2D eigenvalue weighted by Crippen LogP contribution is 2.30. The largest absolute Gasteiger partial charge is 0.0917 e. The summed E-state index contributed by atoms with van der Waals surface area (Å²) in [5.74, 6) is 0.941. The predicted octanol–water partition coefficient (Wildman–Crippen LogP) is 2.18. The van der Waals surface area contributed by atoms with Gasteiger partial charge in [-0.25, -0.2) is 0 Å². The Labute approximate surface area is 45.2 Å². The highest BCUT2D eigenvalue weighted by Gasteiger charge is 2.18. The molecule has 0 nitrogen and oxygen atoms in total. The second-order valence-corrected chi connectivity index (χ2v) is 2.04. The predicted molar refractivity (Wildman–Crippen MR) is 31.8 cm³/mol. The molecule has 0 heterocycles. The van der Waals surface area contributed by atoms with Crippen molar-refractivity contribution in [2.24, 2.45) is 5.92 Å². The quantitative estimate of drug-likeness (QED) is 0.461. The zero-order valence-corrected chi connectivity index (χ0v) is 4.72. The lowest BCUT2D eigenvalue weighted by atomic mass is 10.3. The first-order chi connectivity index (χ1) is 3.43. The third kappa shape index (κ3) is 1.77. The molecule has 0 heteroatoms. The standard InChI is InChI=1S/C7H11/c1-2-3-4-7-5-6-7/h2-3,5,7H,4,6H2,1H3/b3-2+. The molecule has 39 valence electrons. The van der Waals surface area contributed by atoms with Crippen molar-refractivity contribution in [2.45, 2.75) is 19.8 Å². The summed E-state index contributed by atoms with van der Waals surface area (Å²) < 4.78 is 0. The first-order valence-corrected chi connectivity index (χ1v) is 2.88. The lowest BCUT2D eigenvalue weighted by molar-refractivity contribution is 0.891. The van der Waals surface area contributed by atoms with Gasteiger partial charge in [0.05, 0.1) is 0 Å². The maximum atomic E-state index is 2.35. The molecule has 1 saturated carbocycles. The Morgan fingerprint density at radius 2 is 2.57 bits per heavy atom. The fourth-order valence-electron chi connectivity index (χ4n) is 0.600. The molecule has 7 heavy (non-hydrogen) atoms. The highest BCUT2D eigenvalue weighted by atomic mass is 14.2. The summed E-state index contributed by atoms with van der Waals surface area (Å²) in [7, 11) is 0. The van der Waals surface area contributed by atoms with Gasteiger partial charge in [0.2, 0.25) is 0 Å². The number of hydrogen-bond acceptors (Lipinski definition) is 0. The molecule has 0 aromatic heterocycles. The molecule has 1 aliphatic rings. The Bertz CT molecular complexity index is 68.1. The van der Waals surface area contributed by atoms with Crippen LogP contribution in [0.5, 0.6) is 0 Å². The summed E-state index contributed by atoms with van der Waals surface area (Å²) in [6.07, 6.45) is 9.32. The minimum atomic E-state index is 0.941. The van der Waals surface area contributed by atoms with Crippen molar-refractivity contribution in [3.8, 4) is 0 Å². The molecule has 0 N–H and O–H groups in total. The maximum absolute atomic E-state index is 2.35. The summed E-state index contributed by atoms with van der Waals surface area (Å²) in [6, 6.07) is 0. The van der Waals surface area contributed by atoms with Gasteiger partial charge in [-0.2, -0.15) is 0 Å². The molecule has 0 aromatic carbocycles. The van der Waals surface area contributed by atoms with E-state index in [0.717, 1.165) is 5.92 Å². The summed E-state index contributed by atoms with van der Waals surface area (Å²) >= 11 is 0. The third-order valence-electron chi connectivity index (χ3n) is 1.24. The first-order valence-electron chi connectivity index (χ1n) is 2.88. The lowest BCUT2D eigenvalue weighted by Crippen LogP contribution is -1.65. The molecule has 0 spiro atoms. The molecule has 0 aromatic rings. The average Bonchev–Trinajstić information content (AvgIpc) is 2.42. The van der Waals surface area contributed by atoms with Gasteiger partial charge in [0.15, 0.2) is 0 Å². The van der Waals surface area contributed by atoms with Gasteiger partial charge in [-0.1, -0.05) is 12.2 Å². The molecule has 0 saturated heterocycles. The first kappa shape index (κ1) is 4.89. The Morgan fingerprint density at radius 3 is 3.00 bits per heavy atom. The van der Waals surface area contributed by atoms with E-state index in [1.807, 2.05) is 0 Å². The van der Waals surface area contributed by atoms with Crippen LogP contribution < -0.4 is 0 Å². The molecular weight excluding hydrogens is 84.1 g/mol. The van der Waals surface area contributed by atoms with Crippen molar-refractivity contribution in [3.63, 3.8) is 0 Å². The van der Waals surface area contributed by atoms with Crippen LogP contribution in [0.3, 0.4) is 0 Å². The van der Waals surface area contributed by atoms with E-state index < -0.39 is 0 Å². The van der Waals surface area contributed by atoms with Crippen LogP contribution in [0.2, 0.25) is 0 Å².